The Balaban J connectivity index is -0.000000102. The number of hydrogen-bond donors (Lipinski definition) is 0. The van der Waals surface area contributed by atoms with E-state index in [2.05, 4.69) is 45.9 Å². The minimum absolute atomic E-state index is 0. The van der Waals surface area contributed by atoms with Crippen molar-refractivity contribution in [2.75, 3.05) is 0 Å². The van der Waals surface area contributed by atoms with Gasteiger partial charge in [0.2, 0.25) is 0 Å². The van der Waals surface area contributed by atoms with Gasteiger partial charge in [0.25, 0.3) is 0 Å². The monoisotopic (exact) mass is 386 g/mol. The van der Waals surface area contributed by atoms with Crippen LogP contribution in [0.25, 0.3) is 0 Å². The molecule has 117 valence electrons. The topological polar surface area (TPSA) is 0 Å². The maximum atomic E-state index is 5.14. The van der Waals surface area contributed by atoms with Crippen molar-refractivity contribution in [2.45, 2.75) is 34.1 Å². The third-order valence-electron chi connectivity index (χ3n) is 2.82. The summed E-state index contributed by atoms with van der Waals surface area (Å²) in [5.41, 5.74) is 4.25. The Kier molecular flexibility index (Phi) is 25.7. The summed E-state index contributed by atoms with van der Waals surface area (Å²) in [7, 11) is 7.00. The molecule has 2 aliphatic rings. The van der Waals surface area contributed by atoms with E-state index in [-0.39, 0.29) is 49.1 Å². The molecule has 0 aromatic rings. The van der Waals surface area contributed by atoms with Crippen molar-refractivity contribution < 1.29 is 16.8 Å². The van der Waals surface area contributed by atoms with Crippen LogP contribution in [0.3, 0.4) is 0 Å². The van der Waals surface area contributed by atoms with Crippen molar-refractivity contribution in [1.29, 1.82) is 0 Å². The zero-order valence-electron chi connectivity index (χ0n) is 12.9. The number of rotatable bonds is 0. The molecule has 0 heterocycles. The molecule has 0 aromatic heterocycles. The second kappa shape index (κ2) is 17.8. The fourth-order valence-electron chi connectivity index (χ4n) is 1.50. The number of allylic oxidation sites excluding steroid dienone is 8. The second-order valence-electron chi connectivity index (χ2n) is 3.94. The molecule has 0 saturated heterocycles. The summed E-state index contributed by atoms with van der Waals surface area (Å²) in [4.78, 5) is 0. The van der Waals surface area contributed by atoms with E-state index in [0.29, 0.717) is 5.92 Å². The zero-order valence-corrected chi connectivity index (χ0v) is 18.3. The van der Waals surface area contributed by atoms with Gasteiger partial charge in [0.05, 0.1) is 0 Å². The summed E-state index contributed by atoms with van der Waals surface area (Å²) in [6, 6.07) is 0. The Morgan fingerprint density at radius 3 is 1.90 bits per heavy atom. The summed E-state index contributed by atoms with van der Waals surface area (Å²) in [6.45, 7) is 8.67. The molecule has 2 aliphatic carbocycles. The van der Waals surface area contributed by atoms with Crippen LogP contribution in [-0.2, 0) is 16.8 Å². The van der Waals surface area contributed by atoms with Gasteiger partial charge in [-0.2, -0.15) is 17.2 Å². The molecule has 0 fully saturated rings. The van der Waals surface area contributed by atoms with E-state index in [1.165, 1.54) is 16.7 Å². The van der Waals surface area contributed by atoms with E-state index >= 15 is 0 Å². The summed E-state index contributed by atoms with van der Waals surface area (Å²) in [5, 5.41) is 0. The van der Waals surface area contributed by atoms with Gasteiger partial charge in [-0.25, -0.2) is 17.7 Å². The van der Waals surface area contributed by atoms with Crippen molar-refractivity contribution in [2.24, 2.45) is 5.92 Å². The van der Waals surface area contributed by atoms with Gasteiger partial charge in [0.1, 0.15) is 0 Å². The first kappa shape index (κ1) is 28.9. The predicted molar refractivity (Wildman–Crippen MR) is 96.8 cm³/mol. The van der Waals surface area contributed by atoms with Gasteiger partial charge < -0.3 is 7.43 Å². The van der Waals surface area contributed by atoms with Crippen molar-refractivity contribution >= 4 is 41.8 Å². The molecule has 0 N–H and O–H groups in total. The molecule has 20 heavy (non-hydrogen) atoms. The van der Waals surface area contributed by atoms with Crippen LogP contribution in [-0.4, -0.2) is 7.63 Å². The Morgan fingerprint density at radius 1 is 1.30 bits per heavy atom. The third kappa shape index (κ3) is 12.5. The first-order chi connectivity index (χ1) is 8.04. The molecular weight excluding hydrogens is 362 g/mol. The molecule has 2 rings (SSSR count). The van der Waals surface area contributed by atoms with Crippen LogP contribution in [0.15, 0.2) is 34.9 Å². The first-order valence-corrected chi connectivity index (χ1v) is 11.8. The molecular formula is C15H25Cl3SiTi-3. The van der Waals surface area contributed by atoms with Gasteiger partial charge in [0.15, 0.2) is 0 Å². The Bertz CT molecular complexity index is 361. The molecule has 0 radical (unpaired) electrons. The SMILES string of the molecule is CC1=[C-]C(C)C(C)=C1C.Cl.Cl.[C-]1=CC=CC1.[CH3-].[SiH2]=[Ti][Cl]. The third-order valence-corrected chi connectivity index (χ3v) is 2.82. The van der Waals surface area contributed by atoms with E-state index in [1.54, 1.807) is 0 Å². The van der Waals surface area contributed by atoms with Gasteiger partial charge in [-0.1, -0.05) is 26.7 Å². The van der Waals surface area contributed by atoms with Gasteiger partial charge >= 0.3 is 33.8 Å². The summed E-state index contributed by atoms with van der Waals surface area (Å²) in [5.74, 6) is 0.560. The summed E-state index contributed by atoms with van der Waals surface area (Å²) < 4.78 is 0. The van der Waals surface area contributed by atoms with Gasteiger partial charge in [-0.15, -0.1) is 38.2 Å². The standard InChI is InChI=1S/C9H13.C5H5.CH3.3ClH.H2Si.Ti/c1-6-5-7(2)9(4)8(6)3;1-2-4-5-3-1;;;;;;/h6H,1-4H3;1-3H,4H2;1H3;3*1H;1H2;/q3*-1;;;;;+1/p-1. The average molecular weight is 388 g/mol. The van der Waals surface area contributed by atoms with Crippen LogP contribution in [0.1, 0.15) is 34.1 Å². The maximum absolute atomic E-state index is 5.14. The molecule has 1 unspecified atom stereocenters. The van der Waals surface area contributed by atoms with Crippen LogP contribution in [0.2, 0.25) is 0 Å². The van der Waals surface area contributed by atoms with Crippen LogP contribution in [0, 0.1) is 25.5 Å². The molecule has 0 aliphatic heterocycles. The molecule has 0 spiro atoms. The molecule has 0 amide bonds. The molecule has 0 aromatic carbocycles. The van der Waals surface area contributed by atoms with E-state index < -0.39 is 0 Å². The van der Waals surface area contributed by atoms with E-state index in [9.17, 15) is 0 Å². The molecule has 0 saturated carbocycles. The van der Waals surface area contributed by atoms with Crippen LogP contribution in [0.4, 0.5) is 0 Å². The Labute approximate surface area is 152 Å². The van der Waals surface area contributed by atoms with Crippen LogP contribution >= 0.6 is 34.1 Å². The number of halogens is 3. The van der Waals surface area contributed by atoms with E-state index in [4.69, 9.17) is 9.30 Å². The van der Waals surface area contributed by atoms with Crippen molar-refractivity contribution in [1.82, 2.24) is 0 Å². The van der Waals surface area contributed by atoms with E-state index in [1.807, 2.05) is 19.8 Å². The van der Waals surface area contributed by atoms with Crippen molar-refractivity contribution in [3.05, 3.63) is 54.5 Å². The molecule has 1 atom stereocenters. The van der Waals surface area contributed by atoms with Crippen molar-refractivity contribution in [3.63, 3.8) is 0 Å². The van der Waals surface area contributed by atoms with Gasteiger partial charge in [0, 0.05) is 0 Å². The molecule has 5 heteroatoms. The average Bonchev–Trinajstić information content (AvgIpc) is 2.91. The normalized spacial score (nSPS) is 17.1. The second-order valence-corrected chi connectivity index (χ2v) is 8.76. The quantitative estimate of drug-likeness (QED) is 0.401. The van der Waals surface area contributed by atoms with Crippen LogP contribution in [0.5, 0.6) is 0 Å². The minimum atomic E-state index is 0. The van der Waals surface area contributed by atoms with E-state index in [0.717, 1.165) is 6.42 Å². The fraction of sp³-hybridized carbons (Fsp3) is 0.400. The predicted octanol–water partition coefficient (Wildman–Crippen LogP) is 5.09. The van der Waals surface area contributed by atoms with Crippen molar-refractivity contribution in [3.8, 4) is 0 Å². The van der Waals surface area contributed by atoms with Gasteiger partial charge in [-0.3, -0.25) is 12.2 Å². The Morgan fingerprint density at radius 2 is 1.80 bits per heavy atom. The summed E-state index contributed by atoms with van der Waals surface area (Å²) in [6.07, 6.45) is 13.4. The molecule has 0 nitrogen and oxygen atoms in total. The zero-order chi connectivity index (χ0) is 13.3. The fourth-order valence-corrected chi connectivity index (χ4v) is 1.50. The van der Waals surface area contributed by atoms with Crippen LogP contribution < -0.4 is 0 Å². The van der Waals surface area contributed by atoms with Gasteiger partial charge in [-0.05, 0) is 0 Å². The Hall–Kier alpha value is 0.761. The summed E-state index contributed by atoms with van der Waals surface area (Å²) >= 11 is 0.000000000000000111. The number of hydrogen-bond acceptors (Lipinski definition) is 0. The first-order valence-electron chi connectivity index (χ1n) is 5.66. The molecule has 0 bridgehead atoms.